The highest BCUT2D eigenvalue weighted by molar-refractivity contribution is 5.98. The number of amides is 1. The molecule has 2 rings (SSSR count). The molecule has 57 heavy (non-hydrogen) atoms. The van der Waals surface area contributed by atoms with Crippen molar-refractivity contribution in [3.8, 4) is 0 Å². The maximum Gasteiger partial charge on any atom is 0.254 e. The largest absolute Gasteiger partial charge is 0.395 e. The Hall–Kier alpha value is -1.51. The summed E-state index contributed by atoms with van der Waals surface area (Å²) in [6, 6.07) is 7.22. The molecule has 0 bridgehead atoms. The molecule has 1 aromatic carbocycles. The van der Waals surface area contributed by atoms with Crippen molar-refractivity contribution in [2.45, 2.75) is 238 Å². The number of hydrogen-bond acceptors (Lipinski definition) is 6. The standard InChI is InChI=1S/C29H49NO3.C21H45NO2/c1-2-3-4-5-6-7-8-9-10-11-12-13-14-15-16-19-22-33-25-27(24-31)30-23-26-20-17-18-21-28(26)29(30)32;1-2-3-4-5-6-7-8-9-10-11-12-13-14-15-16-17-18-24-20-21(22)19-23/h17-18,20-21,27,31H,2-16,19,22-25H2,1H3;21,23H,2-20,22H2,1H3/t27-;21-/m00/s1. The fraction of sp³-hybridized carbons (Fsp3) is 0.860. The Labute approximate surface area is 353 Å². The number of ether oxygens (including phenoxy) is 2. The summed E-state index contributed by atoms with van der Waals surface area (Å²) in [5, 5.41) is 18.5. The first kappa shape index (κ1) is 53.5. The van der Waals surface area contributed by atoms with E-state index < -0.39 is 0 Å². The fourth-order valence-electron chi connectivity index (χ4n) is 7.82. The van der Waals surface area contributed by atoms with Crippen LogP contribution >= 0.6 is 0 Å². The zero-order valence-electron chi connectivity index (χ0n) is 37.7. The van der Waals surface area contributed by atoms with Gasteiger partial charge in [0.25, 0.3) is 5.91 Å². The Morgan fingerprint density at radius 1 is 0.526 bits per heavy atom. The first-order valence-electron chi connectivity index (χ1n) is 24.6. The fourth-order valence-corrected chi connectivity index (χ4v) is 7.82. The van der Waals surface area contributed by atoms with E-state index in [1.807, 2.05) is 24.3 Å². The van der Waals surface area contributed by atoms with Crippen LogP contribution in [0, 0.1) is 0 Å². The molecule has 0 fully saturated rings. The van der Waals surface area contributed by atoms with Crippen molar-refractivity contribution in [1.29, 1.82) is 0 Å². The number of nitrogens with zero attached hydrogens (tertiary/aromatic N) is 1. The molecule has 1 aliphatic heterocycles. The minimum Gasteiger partial charge on any atom is -0.395 e. The zero-order chi connectivity index (χ0) is 41.3. The smallest absolute Gasteiger partial charge is 0.254 e. The number of unbranched alkanes of at least 4 members (excludes halogenated alkanes) is 30. The highest BCUT2D eigenvalue weighted by atomic mass is 16.5. The van der Waals surface area contributed by atoms with Crippen molar-refractivity contribution in [2.24, 2.45) is 5.73 Å². The first-order valence-corrected chi connectivity index (χ1v) is 24.6. The molecule has 0 saturated carbocycles. The summed E-state index contributed by atoms with van der Waals surface area (Å²) in [5.74, 6) is 0.00987. The summed E-state index contributed by atoms with van der Waals surface area (Å²) in [7, 11) is 0. The molecule has 0 saturated heterocycles. The number of benzene rings is 1. The second kappa shape index (κ2) is 41.2. The number of rotatable bonds is 41. The Balaban J connectivity index is 0.000000602. The average Bonchev–Trinajstić information content (AvgIpc) is 3.56. The predicted molar refractivity (Wildman–Crippen MR) is 243 cm³/mol. The van der Waals surface area contributed by atoms with Crippen LogP contribution in [0.5, 0.6) is 0 Å². The lowest BCUT2D eigenvalue weighted by Crippen LogP contribution is -2.41. The average molecular weight is 803 g/mol. The van der Waals surface area contributed by atoms with Crippen LogP contribution in [0.25, 0.3) is 0 Å². The van der Waals surface area contributed by atoms with E-state index >= 15 is 0 Å². The van der Waals surface area contributed by atoms with Crippen molar-refractivity contribution in [2.75, 3.05) is 39.6 Å². The third-order valence-electron chi connectivity index (χ3n) is 11.7. The zero-order valence-corrected chi connectivity index (χ0v) is 37.7. The lowest BCUT2D eigenvalue weighted by atomic mass is 10.0. The molecular formula is C50H94N2O5. The molecule has 0 spiro atoms. The molecule has 0 unspecified atom stereocenters. The molecule has 1 aromatic rings. The van der Waals surface area contributed by atoms with Gasteiger partial charge in [-0.1, -0.05) is 225 Å². The van der Waals surface area contributed by atoms with Crippen LogP contribution in [0.2, 0.25) is 0 Å². The number of carbonyl (C=O) groups excluding carboxylic acids is 1. The minimum absolute atomic E-state index is 0.00987. The molecule has 334 valence electrons. The van der Waals surface area contributed by atoms with Crippen molar-refractivity contribution in [3.63, 3.8) is 0 Å². The van der Waals surface area contributed by atoms with Crippen LogP contribution < -0.4 is 5.73 Å². The Morgan fingerprint density at radius 2 is 0.877 bits per heavy atom. The van der Waals surface area contributed by atoms with E-state index in [2.05, 4.69) is 13.8 Å². The lowest BCUT2D eigenvalue weighted by Gasteiger charge is -2.26. The molecule has 2 atom stereocenters. The van der Waals surface area contributed by atoms with Gasteiger partial charge in [0.05, 0.1) is 38.5 Å². The van der Waals surface area contributed by atoms with Gasteiger partial charge in [0.15, 0.2) is 0 Å². The number of nitrogens with two attached hydrogens (primary N) is 1. The number of hydrogen-bond donors (Lipinski definition) is 3. The van der Waals surface area contributed by atoms with Gasteiger partial charge in [-0.3, -0.25) is 4.79 Å². The highest BCUT2D eigenvalue weighted by Gasteiger charge is 2.32. The maximum absolute atomic E-state index is 12.5. The van der Waals surface area contributed by atoms with Crippen molar-refractivity contribution >= 4 is 5.91 Å². The maximum atomic E-state index is 12.5. The molecule has 1 aliphatic rings. The van der Waals surface area contributed by atoms with Gasteiger partial charge in [-0.2, -0.15) is 0 Å². The van der Waals surface area contributed by atoms with Crippen LogP contribution in [0.4, 0.5) is 0 Å². The molecule has 1 amide bonds. The van der Waals surface area contributed by atoms with E-state index in [9.17, 15) is 9.90 Å². The van der Waals surface area contributed by atoms with E-state index in [1.54, 1.807) is 4.90 Å². The van der Waals surface area contributed by atoms with E-state index in [-0.39, 0.29) is 31.2 Å². The lowest BCUT2D eigenvalue weighted by molar-refractivity contribution is 0.0262. The van der Waals surface area contributed by atoms with Gasteiger partial charge in [0, 0.05) is 25.3 Å². The third-order valence-corrected chi connectivity index (χ3v) is 11.7. The molecule has 0 aliphatic carbocycles. The van der Waals surface area contributed by atoms with Crippen molar-refractivity contribution in [3.05, 3.63) is 35.4 Å². The molecular weight excluding hydrogens is 709 g/mol. The molecule has 4 N–H and O–H groups in total. The van der Waals surface area contributed by atoms with Gasteiger partial charge in [0.1, 0.15) is 0 Å². The predicted octanol–water partition coefficient (Wildman–Crippen LogP) is 12.9. The molecule has 1 heterocycles. The first-order chi connectivity index (χ1) is 28.1. The van der Waals surface area contributed by atoms with Gasteiger partial charge in [-0.05, 0) is 24.5 Å². The molecule has 0 aromatic heterocycles. The third kappa shape index (κ3) is 31.1. The quantitative estimate of drug-likeness (QED) is 0.0570. The van der Waals surface area contributed by atoms with E-state index in [0.717, 1.165) is 30.6 Å². The van der Waals surface area contributed by atoms with Gasteiger partial charge in [-0.25, -0.2) is 0 Å². The number of aliphatic hydroxyl groups excluding tert-OH is 2. The van der Waals surface area contributed by atoms with E-state index in [4.69, 9.17) is 20.3 Å². The monoisotopic (exact) mass is 803 g/mol. The van der Waals surface area contributed by atoms with Gasteiger partial charge in [-0.15, -0.1) is 0 Å². The second-order valence-electron chi connectivity index (χ2n) is 17.1. The summed E-state index contributed by atoms with van der Waals surface area (Å²) < 4.78 is 11.2. The van der Waals surface area contributed by atoms with Crippen LogP contribution in [-0.2, 0) is 16.0 Å². The van der Waals surface area contributed by atoms with Crippen LogP contribution in [0.3, 0.4) is 0 Å². The molecule has 7 nitrogen and oxygen atoms in total. The Bertz CT molecular complexity index is 993. The number of aliphatic hydroxyl groups is 2. The van der Waals surface area contributed by atoms with Crippen LogP contribution in [-0.4, -0.2) is 72.7 Å². The van der Waals surface area contributed by atoms with E-state index in [0.29, 0.717) is 26.4 Å². The highest BCUT2D eigenvalue weighted by Crippen LogP contribution is 2.24. The summed E-state index contributed by atoms with van der Waals surface area (Å²) in [5.41, 5.74) is 7.37. The Kier molecular flexibility index (Phi) is 38.7. The second-order valence-corrected chi connectivity index (χ2v) is 17.1. The summed E-state index contributed by atoms with van der Waals surface area (Å²) in [6.07, 6.45) is 44.0. The Morgan fingerprint density at radius 3 is 1.23 bits per heavy atom. The molecule has 7 heteroatoms. The van der Waals surface area contributed by atoms with E-state index in [1.165, 1.54) is 193 Å². The normalized spacial score (nSPS) is 13.5. The summed E-state index contributed by atoms with van der Waals surface area (Å²) in [4.78, 5) is 14.3. The van der Waals surface area contributed by atoms with Crippen molar-refractivity contribution < 1.29 is 24.5 Å². The number of fused-ring (bicyclic) bond motifs is 1. The topological polar surface area (TPSA) is 105 Å². The molecule has 0 radical (unpaired) electrons. The van der Waals surface area contributed by atoms with Crippen LogP contribution in [0.1, 0.15) is 235 Å². The summed E-state index contributed by atoms with van der Waals surface area (Å²) >= 11 is 0. The number of carbonyl (C=O) groups is 1. The van der Waals surface area contributed by atoms with Gasteiger partial charge in [0.2, 0.25) is 0 Å². The SMILES string of the molecule is CCCCCCCCCCCCCCCCCCOC[C@@H](N)CO.CCCCCCCCCCCCCCCCCCOC[C@H](CO)N1Cc2ccccc2C1=O. The van der Waals surface area contributed by atoms with Gasteiger partial charge >= 0.3 is 0 Å². The summed E-state index contributed by atoms with van der Waals surface area (Å²) in [6.45, 7) is 7.48. The van der Waals surface area contributed by atoms with Gasteiger partial charge < -0.3 is 30.3 Å². The van der Waals surface area contributed by atoms with Crippen LogP contribution in [0.15, 0.2) is 24.3 Å². The minimum atomic E-state index is -0.258. The van der Waals surface area contributed by atoms with Crippen molar-refractivity contribution in [1.82, 2.24) is 4.90 Å².